The fourth-order valence-corrected chi connectivity index (χ4v) is 6.23. The Hall–Kier alpha value is -2.16. The fraction of sp³-hybridized carbons (Fsp3) is 0.409. The molecule has 0 aromatic heterocycles. The second-order valence-corrected chi connectivity index (χ2v) is 12.8. The Bertz CT molecular complexity index is 1330. The molecule has 9 nitrogen and oxygen atoms in total. The zero-order chi connectivity index (χ0) is 26.7. The number of hydrogen-bond donors (Lipinski definition) is 1. The summed E-state index contributed by atoms with van der Waals surface area (Å²) in [5.41, 5.74) is 5.42. The standard InChI is InChI=1S/C22H27ClF2N4O5S2/c1-35(31,32)28-8-6-27(7-9-28)10-11-36(33,34)29(18-4-5-20(24)19(23)13-18)15-17-3-2-16(12-21(17)25)22(30)14-26/h2-5,12-13H,6-11,14-15,26H2,1H3. The maximum atomic E-state index is 14.8. The monoisotopic (exact) mass is 564 g/mol. The number of anilines is 1. The van der Waals surface area contributed by atoms with Crippen LogP contribution in [0.2, 0.25) is 5.02 Å². The summed E-state index contributed by atoms with van der Waals surface area (Å²) in [6.07, 6.45) is 1.12. The van der Waals surface area contributed by atoms with Gasteiger partial charge in [0.25, 0.3) is 0 Å². The van der Waals surface area contributed by atoms with E-state index in [9.17, 15) is 30.4 Å². The number of ketones is 1. The summed E-state index contributed by atoms with van der Waals surface area (Å²) < 4.78 is 81.0. The Morgan fingerprint density at radius 3 is 2.25 bits per heavy atom. The van der Waals surface area contributed by atoms with E-state index in [4.69, 9.17) is 17.3 Å². The number of hydrogen-bond acceptors (Lipinski definition) is 7. The highest BCUT2D eigenvalue weighted by Gasteiger charge is 2.28. The maximum Gasteiger partial charge on any atom is 0.236 e. The third kappa shape index (κ3) is 6.99. The first kappa shape index (κ1) is 28.4. The van der Waals surface area contributed by atoms with Gasteiger partial charge in [0, 0.05) is 43.9 Å². The fourth-order valence-electron chi connectivity index (χ4n) is 3.75. The van der Waals surface area contributed by atoms with Gasteiger partial charge in [-0.25, -0.2) is 25.6 Å². The van der Waals surface area contributed by atoms with Crippen molar-refractivity contribution in [2.24, 2.45) is 5.73 Å². The van der Waals surface area contributed by atoms with Crippen molar-refractivity contribution in [2.75, 3.05) is 55.6 Å². The predicted octanol–water partition coefficient (Wildman–Crippen LogP) is 1.67. The van der Waals surface area contributed by atoms with Crippen LogP contribution in [0.1, 0.15) is 15.9 Å². The minimum Gasteiger partial charge on any atom is -0.324 e. The highest BCUT2D eigenvalue weighted by atomic mass is 35.5. The molecule has 2 N–H and O–H groups in total. The van der Waals surface area contributed by atoms with Gasteiger partial charge in [-0.1, -0.05) is 23.7 Å². The third-order valence-corrected chi connectivity index (χ3v) is 9.17. The van der Waals surface area contributed by atoms with Crippen LogP contribution in [0.15, 0.2) is 36.4 Å². The van der Waals surface area contributed by atoms with Gasteiger partial charge in [0.1, 0.15) is 11.6 Å². The summed E-state index contributed by atoms with van der Waals surface area (Å²) in [7, 11) is -7.39. The molecule has 0 saturated carbocycles. The van der Waals surface area contributed by atoms with Crippen molar-refractivity contribution in [1.29, 1.82) is 0 Å². The molecule has 2 aromatic carbocycles. The predicted molar refractivity (Wildman–Crippen MR) is 134 cm³/mol. The van der Waals surface area contributed by atoms with Crippen LogP contribution in [-0.4, -0.2) is 83.1 Å². The molecule has 0 amide bonds. The number of carbonyl (C=O) groups is 1. The molecule has 0 atom stereocenters. The minimum absolute atomic E-state index is 0.00522. The quantitative estimate of drug-likeness (QED) is 0.436. The first-order valence-corrected chi connectivity index (χ1v) is 14.8. The molecule has 0 aliphatic carbocycles. The Labute approximate surface area is 214 Å². The summed E-state index contributed by atoms with van der Waals surface area (Å²) in [6.45, 7) is 0.593. The van der Waals surface area contributed by atoms with E-state index < -0.39 is 44.0 Å². The Kier molecular flexibility index (Phi) is 9.06. The molecule has 0 bridgehead atoms. The molecule has 0 spiro atoms. The van der Waals surface area contributed by atoms with Gasteiger partial charge in [0.2, 0.25) is 20.0 Å². The van der Waals surface area contributed by atoms with Crippen LogP contribution in [0, 0.1) is 11.6 Å². The maximum absolute atomic E-state index is 14.8. The van der Waals surface area contributed by atoms with Gasteiger partial charge in [0.15, 0.2) is 5.78 Å². The minimum atomic E-state index is -4.07. The van der Waals surface area contributed by atoms with Crippen molar-refractivity contribution in [3.8, 4) is 0 Å². The number of carbonyl (C=O) groups excluding carboxylic acids is 1. The SMILES string of the molecule is CS(=O)(=O)N1CCN(CCS(=O)(=O)N(Cc2ccc(C(=O)CN)cc2F)c2ccc(F)c(Cl)c2)CC1. The van der Waals surface area contributed by atoms with Crippen LogP contribution in [0.25, 0.3) is 0 Å². The number of nitrogens with zero attached hydrogens (tertiary/aromatic N) is 3. The molecule has 198 valence electrons. The average Bonchev–Trinajstić information content (AvgIpc) is 2.83. The van der Waals surface area contributed by atoms with E-state index in [1.807, 2.05) is 4.90 Å². The van der Waals surface area contributed by atoms with E-state index in [2.05, 4.69) is 0 Å². The Balaban J connectivity index is 1.83. The van der Waals surface area contributed by atoms with Crippen LogP contribution >= 0.6 is 11.6 Å². The molecule has 2 aromatic rings. The zero-order valence-electron chi connectivity index (χ0n) is 19.5. The average molecular weight is 565 g/mol. The van der Waals surface area contributed by atoms with E-state index in [1.165, 1.54) is 22.5 Å². The highest BCUT2D eigenvalue weighted by Crippen LogP contribution is 2.27. The lowest BCUT2D eigenvalue weighted by Crippen LogP contribution is -2.49. The molecular weight excluding hydrogens is 538 g/mol. The first-order chi connectivity index (χ1) is 16.8. The number of halogens is 3. The number of sulfonamides is 2. The van der Waals surface area contributed by atoms with Gasteiger partial charge in [-0.3, -0.25) is 14.0 Å². The number of rotatable bonds is 10. The van der Waals surface area contributed by atoms with Gasteiger partial charge in [-0.2, -0.15) is 4.31 Å². The summed E-state index contributed by atoms with van der Waals surface area (Å²) in [5, 5.41) is -0.297. The van der Waals surface area contributed by atoms with Crippen molar-refractivity contribution in [3.63, 3.8) is 0 Å². The Morgan fingerprint density at radius 1 is 1.03 bits per heavy atom. The van der Waals surface area contributed by atoms with Crippen molar-refractivity contribution < 1.29 is 30.4 Å². The van der Waals surface area contributed by atoms with Crippen molar-refractivity contribution >= 4 is 43.1 Å². The zero-order valence-corrected chi connectivity index (χ0v) is 21.9. The van der Waals surface area contributed by atoms with Gasteiger partial charge in [-0.05, 0) is 24.3 Å². The molecule has 0 radical (unpaired) electrons. The molecule has 0 unspecified atom stereocenters. The first-order valence-electron chi connectivity index (χ1n) is 11.0. The molecule has 1 aliphatic heterocycles. The summed E-state index contributed by atoms with van der Waals surface area (Å²) in [6, 6.07) is 7.04. The molecule has 1 saturated heterocycles. The van der Waals surface area contributed by atoms with Crippen LogP contribution in [-0.2, 0) is 26.6 Å². The molecule has 36 heavy (non-hydrogen) atoms. The lowest BCUT2D eigenvalue weighted by Gasteiger charge is -2.33. The molecule has 1 aliphatic rings. The molecular formula is C22H27ClF2N4O5S2. The van der Waals surface area contributed by atoms with E-state index in [0.29, 0.717) is 13.1 Å². The van der Waals surface area contributed by atoms with Crippen LogP contribution in [0.4, 0.5) is 14.5 Å². The van der Waals surface area contributed by atoms with E-state index >= 15 is 0 Å². The topological polar surface area (TPSA) is 121 Å². The Morgan fingerprint density at radius 2 is 1.69 bits per heavy atom. The van der Waals surface area contributed by atoms with Crippen molar-refractivity contribution in [3.05, 3.63) is 64.2 Å². The molecule has 14 heteroatoms. The second kappa shape index (κ2) is 11.5. The summed E-state index contributed by atoms with van der Waals surface area (Å²) >= 11 is 5.88. The van der Waals surface area contributed by atoms with Crippen LogP contribution in [0.5, 0.6) is 0 Å². The lowest BCUT2D eigenvalue weighted by atomic mass is 10.1. The van der Waals surface area contributed by atoms with Gasteiger partial charge >= 0.3 is 0 Å². The number of piperazine rings is 1. The van der Waals surface area contributed by atoms with Gasteiger partial charge in [-0.15, -0.1) is 0 Å². The highest BCUT2D eigenvalue weighted by molar-refractivity contribution is 7.92. The van der Waals surface area contributed by atoms with Crippen LogP contribution < -0.4 is 10.0 Å². The van der Waals surface area contributed by atoms with E-state index in [0.717, 1.165) is 28.8 Å². The van der Waals surface area contributed by atoms with Crippen LogP contribution in [0.3, 0.4) is 0 Å². The molecule has 3 rings (SSSR count). The summed E-state index contributed by atoms with van der Waals surface area (Å²) in [4.78, 5) is 13.6. The third-order valence-electron chi connectivity index (χ3n) is 5.87. The largest absolute Gasteiger partial charge is 0.324 e. The number of nitrogens with two attached hydrogens (primary N) is 1. The lowest BCUT2D eigenvalue weighted by molar-refractivity contribution is 0.100. The molecule has 1 fully saturated rings. The van der Waals surface area contributed by atoms with Crippen molar-refractivity contribution in [1.82, 2.24) is 9.21 Å². The smallest absolute Gasteiger partial charge is 0.236 e. The number of Topliss-reactive ketones (excluding diaryl/α,β-unsaturated/α-hetero) is 1. The summed E-state index contributed by atoms with van der Waals surface area (Å²) in [5.74, 6) is -2.35. The normalized spacial score (nSPS) is 15.7. The van der Waals surface area contributed by atoms with Gasteiger partial charge < -0.3 is 5.73 Å². The van der Waals surface area contributed by atoms with E-state index in [-0.39, 0.29) is 53.8 Å². The number of benzene rings is 2. The van der Waals surface area contributed by atoms with E-state index in [1.54, 1.807) is 0 Å². The second-order valence-electron chi connectivity index (χ2n) is 8.36. The van der Waals surface area contributed by atoms with Crippen molar-refractivity contribution in [2.45, 2.75) is 6.54 Å². The van der Waals surface area contributed by atoms with Gasteiger partial charge in [0.05, 0.1) is 35.8 Å². The molecule has 1 heterocycles.